The second-order valence-corrected chi connectivity index (χ2v) is 7.46. The van der Waals surface area contributed by atoms with Crippen LogP contribution in [0.2, 0.25) is 0 Å². The number of hydrogen-bond acceptors (Lipinski definition) is 6. The van der Waals surface area contributed by atoms with Crippen LogP contribution in [0.3, 0.4) is 0 Å². The van der Waals surface area contributed by atoms with Gasteiger partial charge < -0.3 is 20.0 Å². The van der Waals surface area contributed by atoms with Gasteiger partial charge in [-0.3, -0.25) is 14.4 Å². The summed E-state index contributed by atoms with van der Waals surface area (Å²) < 4.78 is 18.8. The molecule has 0 aliphatic heterocycles. The smallest absolute Gasteiger partial charge is 0.290 e. The predicted octanol–water partition coefficient (Wildman–Crippen LogP) is 3.55. The highest BCUT2D eigenvalue weighted by molar-refractivity contribution is 7.13. The third kappa shape index (κ3) is 6.22. The summed E-state index contributed by atoms with van der Waals surface area (Å²) in [4.78, 5) is 42.6. The first-order valence-corrected chi connectivity index (χ1v) is 10.5. The van der Waals surface area contributed by atoms with Crippen LogP contribution in [0, 0.1) is 5.82 Å². The van der Waals surface area contributed by atoms with E-state index in [4.69, 9.17) is 4.42 Å². The molecule has 0 bridgehead atoms. The van der Waals surface area contributed by atoms with E-state index in [0.29, 0.717) is 23.8 Å². The number of benzene rings is 1. The van der Waals surface area contributed by atoms with Crippen molar-refractivity contribution in [2.24, 2.45) is 0 Å². The summed E-state index contributed by atoms with van der Waals surface area (Å²) in [5.74, 6) is -1.57. The Bertz CT molecular complexity index is 1050. The fourth-order valence-electron chi connectivity index (χ4n) is 2.78. The Morgan fingerprint density at radius 1 is 1.13 bits per heavy atom. The van der Waals surface area contributed by atoms with E-state index in [2.05, 4.69) is 15.6 Å². The van der Waals surface area contributed by atoms with Crippen LogP contribution in [0.25, 0.3) is 0 Å². The Balaban J connectivity index is 1.54. The summed E-state index contributed by atoms with van der Waals surface area (Å²) in [6, 6.07) is 9.02. The average molecular weight is 444 g/mol. The van der Waals surface area contributed by atoms with Gasteiger partial charge in [0.15, 0.2) is 10.9 Å². The zero-order valence-corrected chi connectivity index (χ0v) is 17.6. The standard InChI is InChI=1S/C21H21FN4O4S/c1-2-9-26(20(29)17-8-5-10-30-17)12-19(28)25-21-23-14(13-31-21)11-18(27)24-16-7-4-3-6-15(16)22/h3-8,10,13H,2,9,11-12H2,1H3,(H,24,27)(H,23,25,28). The minimum absolute atomic E-state index is 0.0698. The molecule has 3 amide bonds. The first-order valence-electron chi connectivity index (χ1n) is 9.57. The van der Waals surface area contributed by atoms with Crippen molar-refractivity contribution in [3.05, 3.63) is 65.3 Å². The van der Waals surface area contributed by atoms with Gasteiger partial charge in [-0.25, -0.2) is 9.37 Å². The Kier molecular flexibility index (Phi) is 7.50. The first kappa shape index (κ1) is 22.2. The molecule has 0 saturated carbocycles. The van der Waals surface area contributed by atoms with E-state index in [1.807, 2.05) is 6.92 Å². The van der Waals surface area contributed by atoms with E-state index >= 15 is 0 Å². The minimum atomic E-state index is -0.525. The van der Waals surface area contributed by atoms with Gasteiger partial charge >= 0.3 is 0 Å². The molecule has 2 heterocycles. The SMILES string of the molecule is CCCN(CC(=O)Nc1nc(CC(=O)Nc2ccccc2F)cs1)C(=O)c1ccco1. The number of para-hydroxylation sites is 1. The Morgan fingerprint density at radius 3 is 2.65 bits per heavy atom. The minimum Gasteiger partial charge on any atom is -0.459 e. The van der Waals surface area contributed by atoms with Gasteiger partial charge in [0.05, 0.1) is 24.1 Å². The van der Waals surface area contributed by atoms with E-state index in [1.165, 1.54) is 29.4 Å². The number of aromatic nitrogens is 1. The van der Waals surface area contributed by atoms with Crippen LogP contribution in [-0.4, -0.2) is 40.7 Å². The zero-order valence-electron chi connectivity index (χ0n) is 16.8. The molecule has 0 aliphatic carbocycles. The summed E-state index contributed by atoms with van der Waals surface area (Å²) in [5, 5.41) is 7.06. The molecule has 8 nitrogen and oxygen atoms in total. The Hall–Kier alpha value is -3.53. The van der Waals surface area contributed by atoms with Gasteiger partial charge in [0.1, 0.15) is 12.4 Å². The first-order chi connectivity index (χ1) is 15.0. The number of amides is 3. The third-order valence-electron chi connectivity index (χ3n) is 4.13. The summed E-state index contributed by atoms with van der Waals surface area (Å²) in [6.45, 7) is 2.14. The van der Waals surface area contributed by atoms with Gasteiger partial charge in [0.25, 0.3) is 5.91 Å². The normalized spacial score (nSPS) is 10.5. The summed E-state index contributed by atoms with van der Waals surface area (Å²) >= 11 is 1.16. The quantitative estimate of drug-likeness (QED) is 0.525. The van der Waals surface area contributed by atoms with Crippen LogP contribution < -0.4 is 10.6 Å². The molecular formula is C21H21FN4O4S. The molecule has 31 heavy (non-hydrogen) atoms. The van der Waals surface area contributed by atoms with Crippen molar-refractivity contribution in [1.82, 2.24) is 9.88 Å². The lowest BCUT2D eigenvalue weighted by Gasteiger charge is -2.20. The van der Waals surface area contributed by atoms with Crippen molar-refractivity contribution in [3.8, 4) is 0 Å². The molecule has 2 aromatic heterocycles. The molecule has 0 unspecified atom stereocenters. The van der Waals surface area contributed by atoms with Crippen LogP contribution in [-0.2, 0) is 16.0 Å². The predicted molar refractivity (Wildman–Crippen MR) is 114 cm³/mol. The summed E-state index contributed by atoms with van der Waals surface area (Å²) in [7, 11) is 0. The second-order valence-electron chi connectivity index (χ2n) is 6.60. The molecular weight excluding hydrogens is 423 g/mol. The number of anilines is 2. The maximum atomic E-state index is 13.6. The van der Waals surface area contributed by atoms with Crippen molar-refractivity contribution in [2.45, 2.75) is 19.8 Å². The average Bonchev–Trinajstić information content (AvgIpc) is 3.41. The van der Waals surface area contributed by atoms with Crippen LogP contribution in [0.1, 0.15) is 29.6 Å². The second kappa shape index (κ2) is 10.5. The summed E-state index contributed by atoms with van der Waals surface area (Å²) in [6.07, 6.45) is 2.01. The Morgan fingerprint density at radius 2 is 1.94 bits per heavy atom. The number of carbonyl (C=O) groups excluding carboxylic acids is 3. The number of hydrogen-bond donors (Lipinski definition) is 2. The van der Waals surface area contributed by atoms with E-state index in [-0.39, 0.29) is 30.3 Å². The van der Waals surface area contributed by atoms with E-state index in [1.54, 1.807) is 23.6 Å². The van der Waals surface area contributed by atoms with Crippen molar-refractivity contribution in [3.63, 3.8) is 0 Å². The largest absolute Gasteiger partial charge is 0.459 e. The van der Waals surface area contributed by atoms with Crippen molar-refractivity contribution >= 4 is 39.9 Å². The highest BCUT2D eigenvalue weighted by atomic mass is 32.1. The lowest BCUT2D eigenvalue weighted by molar-refractivity contribution is -0.117. The maximum absolute atomic E-state index is 13.6. The van der Waals surface area contributed by atoms with Gasteiger partial charge in [0.2, 0.25) is 11.8 Å². The molecule has 3 rings (SSSR count). The van der Waals surface area contributed by atoms with Gasteiger partial charge in [-0.1, -0.05) is 19.1 Å². The van der Waals surface area contributed by atoms with Gasteiger partial charge in [-0.05, 0) is 30.7 Å². The lowest BCUT2D eigenvalue weighted by Crippen LogP contribution is -2.38. The summed E-state index contributed by atoms with van der Waals surface area (Å²) in [5.41, 5.74) is 0.528. The number of rotatable bonds is 9. The molecule has 1 aromatic carbocycles. The lowest BCUT2D eigenvalue weighted by atomic mass is 10.2. The molecule has 162 valence electrons. The third-order valence-corrected chi connectivity index (χ3v) is 4.94. The Labute approximate surface area is 182 Å². The van der Waals surface area contributed by atoms with Gasteiger partial charge in [-0.2, -0.15) is 0 Å². The number of furan rings is 1. The van der Waals surface area contributed by atoms with Crippen molar-refractivity contribution in [1.29, 1.82) is 0 Å². The number of nitrogens with one attached hydrogen (secondary N) is 2. The van der Waals surface area contributed by atoms with E-state index < -0.39 is 17.6 Å². The number of nitrogens with zero attached hydrogens (tertiary/aromatic N) is 2. The highest BCUT2D eigenvalue weighted by Gasteiger charge is 2.21. The number of thiazole rings is 1. The monoisotopic (exact) mass is 444 g/mol. The van der Waals surface area contributed by atoms with Crippen LogP contribution in [0.15, 0.2) is 52.5 Å². The molecule has 0 saturated heterocycles. The molecule has 0 aliphatic rings. The van der Waals surface area contributed by atoms with Crippen molar-refractivity contribution in [2.75, 3.05) is 23.7 Å². The fourth-order valence-corrected chi connectivity index (χ4v) is 3.50. The molecule has 0 fully saturated rings. The zero-order chi connectivity index (χ0) is 22.2. The molecule has 0 atom stereocenters. The van der Waals surface area contributed by atoms with Crippen LogP contribution >= 0.6 is 11.3 Å². The van der Waals surface area contributed by atoms with Gasteiger partial charge in [0, 0.05) is 11.9 Å². The molecule has 0 radical (unpaired) electrons. The molecule has 3 aromatic rings. The van der Waals surface area contributed by atoms with Crippen molar-refractivity contribution < 1.29 is 23.2 Å². The van der Waals surface area contributed by atoms with Crippen LogP contribution in [0.4, 0.5) is 15.2 Å². The van der Waals surface area contributed by atoms with Crippen LogP contribution in [0.5, 0.6) is 0 Å². The molecule has 0 spiro atoms. The maximum Gasteiger partial charge on any atom is 0.290 e. The number of carbonyl (C=O) groups is 3. The molecule has 2 N–H and O–H groups in total. The topological polar surface area (TPSA) is 105 Å². The highest BCUT2D eigenvalue weighted by Crippen LogP contribution is 2.18. The van der Waals surface area contributed by atoms with E-state index in [9.17, 15) is 18.8 Å². The molecule has 10 heteroatoms. The number of halogens is 1. The van der Waals surface area contributed by atoms with Gasteiger partial charge in [-0.15, -0.1) is 11.3 Å². The fraction of sp³-hybridized carbons (Fsp3) is 0.238. The van der Waals surface area contributed by atoms with E-state index in [0.717, 1.165) is 11.3 Å².